The Labute approximate surface area is 115 Å². The summed E-state index contributed by atoms with van der Waals surface area (Å²) >= 11 is 3.07. The van der Waals surface area contributed by atoms with E-state index in [1.165, 1.54) is 0 Å². The third-order valence-corrected chi connectivity index (χ3v) is 3.83. The molecule has 1 fully saturated rings. The molecule has 3 nitrogen and oxygen atoms in total. The lowest BCUT2D eigenvalue weighted by Crippen LogP contribution is -2.41. The second-order valence-electron chi connectivity index (χ2n) is 5.04. The van der Waals surface area contributed by atoms with Crippen molar-refractivity contribution in [3.63, 3.8) is 0 Å². The van der Waals surface area contributed by atoms with Gasteiger partial charge in [0.2, 0.25) is 0 Å². The molecule has 0 unspecified atom stereocenters. The highest BCUT2D eigenvalue weighted by Crippen LogP contribution is 2.36. The van der Waals surface area contributed by atoms with Gasteiger partial charge in [0.15, 0.2) is 0 Å². The molecule has 1 aromatic carbocycles. The van der Waals surface area contributed by atoms with Crippen molar-refractivity contribution in [3.05, 3.63) is 22.6 Å². The highest BCUT2D eigenvalue weighted by atomic mass is 79.9. The van der Waals surface area contributed by atoms with Crippen LogP contribution in [0.4, 0.5) is 0 Å². The minimum Gasteiger partial charge on any atom is -0.507 e. The average Bonchev–Trinajstić information content (AvgIpc) is 2.53. The third kappa shape index (κ3) is 2.24. The molecule has 1 saturated heterocycles. The second kappa shape index (κ2) is 4.00. The molecule has 1 aliphatic heterocycles. The third-order valence-electron chi connectivity index (χ3n) is 3.26. The molecular weight excluding hydrogens is 283 g/mol. The Bertz CT molecular complexity index is 533. The summed E-state index contributed by atoms with van der Waals surface area (Å²) in [5.41, 5.74) is -1.04. The minimum atomic E-state index is -0.902. The van der Waals surface area contributed by atoms with Crippen LogP contribution in [0.3, 0.4) is 0 Å². The molecule has 0 spiro atoms. The van der Waals surface area contributed by atoms with Crippen LogP contribution in [0.15, 0.2) is 22.6 Å². The number of hydrogen-bond acceptors (Lipinski definition) is 3. The first kappa shape index (κ1) is 9.42. The summed E-state index contributed by atoms with van der Waals surface area (Å²) in [7, 11) is -0.902. The van der Waals surface area contributed by atoms with Crippen LogP contribution >= 0.6 is 15.9 Å². The SMILES string of the molecule is [2H]c1c([2H])c(B2OC(C)(C)C(C)(C)O2)c([2H])c(Br)c1O. The van der Waals surface area contributed by atoms with Crippen LogP contribution in [0.5, 0.6) is 5.75 Å². The zero-order valence-electron chi connectivity index (χ0n) is 13.2. The van der Waals surface area contributed by atoms with E-state index in [2.05, 4.69) is 15.9 Å². The number of halogens is 1. The maximum absolute atomic E-state index is 9.68. The van der Waals surface area contributed by atoms with E-state index in [4.69, 9.17) is 13.4 Å². The molecular formula is C12H16BBrO3. The number of aromatic hydroxyl groups is 1. The quantitative estimate of drug-likeness (QED) is 0.810. The average molecular weight is 302 g/mol. The fourth-order valence-corrected chi connectivity index (χ4v) is 1.78. The fourth-order valence-electron chi connectivity index (χ4n) is 1.47. The Morgan fingerprint density at radius 2 is 1.76 bits per heavy atom. The highest BCUT2D eigenvalue weighted by molar-refractivity contribution is 9.10. The van der Waals surface area contributed by atoms with Crippen LogP contribution < -0.4 is 5.46 Å². The van der Waals surface area contributed by atoms with Gasteiger partial charge < -0.3 is 14.4 Å². The number of benzene rings is 1. The molecule has 5 heteroatoms. The van der Waals surface area contributed by atoms with Gasteiger partial charge in [-0.3, -0.25) is 0 Å². The first-order valence-electron chi connectivity index (χ1n) is 6.83. The van der Waals surface area contributed by atoms with Gasteiger partial charge in [0.05, 0.1) is 19.8 Å². The van der Waals surface area contributed by atoms with Crippen molar-refractivity contribution in [2.45, 2.75) is 38.9 Å². The van der Waals surface area contributed by atoms with E-state index in [0.717, 1.165) is 0 Å². The summed E-state index contributed by atoms with van der Waals surface area (Å²) in [4.78, 5) is 0. The minimum absolute atomic E-state index is 0.0724. The molecule has 0 radical (unpaired) electrons. The maximum atomic E-state index is 9.68. The van der Waals surface area contributed by atoms with E-state index in [-0.39, 0.29) is 28.1 Å². The standard InChI is InChI=1S/C12H16BBrO3/c1-11(2)12(3,4)17-13(16-11)8-5-6-10(15)9(14)7-8/h5-7,15H,1-4H3/i5D,6D,7D. The topological polar surface area (TPSA) is 38.7 Å². The van der Waals surface area contributed by atoms with Gasteiger partial charge in [0.25, 0.3) is 0 Å². The molecule has 1 aromatic rings. The molecule has 0 amide bonds. The van der Waals surface area contributed by atoms with Crippen molar-refractivity contribution >= 4 is 28.5 Å². The summed E-state index contributed by atoms with van der Waals surface area (Å²) < 4.78 is 35.4. The largest absolute Gasteiger partial charge is 0.507 e. The summed E-state index contributed by atoms with van der Waals surface area (Å²) in [5, 5.41) is 9.68. The first-order chi connectivity index (χ1) is 8.99. The van der Waals surface area contributed by atoms with Gasteiger partial charge in [-0.2, -0.15) is 0 Å². The zero-order valence-corrected chi connectivity index (χ0v) is 11.8. The molecule has 1 aliphatic rings. The van der Waals surface area contributed by atoms with Crippen LogP contribution in [0.2, 0.25) is 0 Å². The van der Waals surface area contributed by atoms with Crippen molar-refractivity contribution < 1.29 is 18.5 Å². The van der Waals surface area contributed by atoms with E-state index in [1.54, 1.807) is 0 Å². The van der Waals surface area contributed by atoms with E-state index in [1.807, 2.05) is 27.7 Å². The summed E-state index contributed by atoms with van der Waals surface area (Å²) in [5.74, 6) is -0.416. The molecule has 92 valence electrons. The van der Waals surface area contributed by atoms with Gasteiger partial charge >= 0.3 is 7.12 Å². The van der Waals surface area contributed by atoms with Crippen molar-refractivity contribution in [1.82, 2.24) is 0 Å². The number of phenolic OH excluding ortho intramolecular Hbond substituents is 1. The molecule has 1 N–H and O–H groups in total. The molecule has 17 heavy (non-hydrogen) atoms. The predicted octanol–water partition coefficient (Wildman–Crippen LogP) is 2.45. The molecule has 0 bridgehead atoms. The molecule has 0 atom stereocenters. The van der Waals surface area contributed by atoms with Gasteiger partial charge in [-0.05, 0) is 61.2 Å². The van der Waals surface area contributed by atoms with E-state index >= 15 is 0 Å². The summed E-state index contributed by atoms with van der Waals surface area (Å²) in [6.07, 6.45) is 0. The maximum Gasteiger partial charge on any atom is 0.494 e. The van der Waals surface area contributed by atoms with E-state index in [9.17, 15) is 5.11 Å². The number of hydrogen-bond donors (Lipinski definition) is 1. The monoisotopic (exact) mass is 301 g/mol. The lowest BCUT2D eigenvalue weighted by molar-refractivity contribution is 0.00578. The van der Waals surface area contributed by atoms with E-state index < -0.39 is 24.1 Å². The molecule has 0 saturated carbocycles. The van der Waals surface area contributed by atoms with Crippen molar-refractivity contribution in [3.8, 4) is 5.75 Å². The molecule has 0 aromatic heterocycles. The Morgan fingerprint density at radius 1 is 1.24 bits per heavy atom. The lowest BCUT2D eigenvalue weighted by atomic mass is 9.79. The number of rotatable bonds is 1. The zero-order chi connectivity index (χ0) is 15.5. The normalized spacial score (nSPS) is 24.3. The van der Waals surface area contributed by atoms with E-state index in [0.29, 0.717) is 0 Å². The van der Waals surface area contributed by atoms with Gasteiger partial charge in [-0.1, -0.05) is 6.04 Å². The van der Waals surface area contributed by atoms with Gasteiger partial charge in [0, 0.05) is 0 Å². The molecule has 2 rings (SSSR count). The summed E-state index contributed by atoms with van der Waals surface area (Å²) in [6, 6.07) is -0.700. The van der Waals surface area contributed by atoms with Crippen LogP contribution in [0.1, 0.15) is 31.8 Å². The van der Waals surface area contributed by atoms with Crippen LogP contribution in [0, 0.1) is 0 Å². The Kier molecular flexibility index (Phi) is 2.22. The van der Waals surface area contributed by atoms with Crippen molar-refractivity contribution in [2.75, 3.05) is 0 Å². The van der Waals surface area contributed by atoms with Crippen LogP contribution in [-0.4, -0.2) is 23.4 Å². The lowest BCUT2D eigenvalue weighted by Gasteiger charge is -2.32. The summed E-state index contributed by atoms with van der Waals surface area (Å²) in [6.45, 7) is 7.49. The Morgan fingerprint density at radius 3 is 2.29 bits per heavy atom. The first-order valence-corrected chi connectivity index (χ1v) is 6.12. The predicted molar refractivity (Wildman–Crippen MR) is 71.5 cm³/mol. The molecule has 1 heterocycles. The highest BCUT2D eigenvalue weighted by Gasteiger charge is 2.51. The number of phenols is 1. The fraction of sp³-hybridized carbons (Fsp3) is 0.500. The van der Waals surface area contributed by atoms with Gasteiger partial charge in [-0.25, -0.2) is 0 Å². The van der Waals surface area contributed by atoms with Crippen molar-refractivity contribution in [2.24, 2.45) is 0 Å². The van der Waals surface area contributed by atoms with Gasteiger partial charge in [-0.15, -0.1) is 0 Å². The van der Waals surface area contributed by atoms with Crippen molar-refractivity contribution in [1.29, 1.82) is 0 Å². The Balaban J connectivity index is 2.57. The van der Waals surface area contributed by atoms with Crippen LogP contribution in [0.25, 0.3) is 0 Å². The smallest absolute Gasteiger partial charge is 0.494 e. The van der Waals surface area contributed by atoms with Crippen LogP contribution in [-0.2, 0) is 9.31 Å². The second-order valence-corrected chi connectivity index (χ2v) is 5.83. The van der Waals surface area contributed by atoms with Gasteiger partial charge in [0.1, 0.15) is 5.75 Å². The molecule has 0 aliphatic carbocycles. The Hall–Kier alpha value is -0.515.